The van der Waals surface area contributed by atoms with Crippen molar-refractivity contribution >= 4 is 17.9 Å². The van der Waals surface area contributed by atoms with Crippen molar-refractivity contribution in [2.45, 2.75) is 369 Å². The second-order valence-electron chi connectivity index (χ2n) is 23.6. The lowest BCUT2D eigenvalue weighted by atomic mass is 9.99. The number of hydrogen-bond donors (Lipinski definition) is 0. The first-order chi connectivity index (χ1) is 34.6. The van der Waals surface area contributed by atoms with Crippen LogP contribution in [-0.4, -0.2) is 37.2 Å². The Morgan fingerprint density at radius 3 is 0.732 bits per heavy atom. The van der Waals surface area contributed by atoms with Crippen LogP contribution in [-0.2, 0) is 28.6 Å². The van der Waals surface area contributed by atoms with Gasteiger partial charge in [-0.25, -0.2) is 0 Å². The van der Waals surface area contributed by atoms with E-state index in [2.05, 4.69) is 41.5 Å². The zero-order valence-corrected chi connectivity index (χ0v) is 49.0. The van der Waals surface area contributed by atoms with Crippen molar-refractivity contribution in [2.75, 3.05) is 13.2 Å². The molecular weight excluding hydrogens is 877 g/mol. The van der Waals surface area contributed by atoms with E-state index in [0.29, 0.717) is 19.3 Å². The number of ether oxygens (including phenoxy) is 3. The molecule has 0 aromatic heterocycles. The summed E-state index contributed by atoms with van der Waals surface area (Å²) in [6.07, 6.45) is 61.0. The molecule has 0 aliphatic heterocycles. The van der Waals surface area contributed by atoms with Crippen molar-refractivity contribution in [3.8, 4) is 0 Å². The second kappa shape index (κ2) is 56.1. The lowest BCUT2D eigenvalue weighted by Gasteiger charge is -2.18. The zero-order chi connectivity index (χ0) is 51.9. The minimum Gasteiger partial charge on any atom is -0.462 e. The lowest BCUT2D eigenvalue weighted by molar-refractivity contribution is -0.167. The van der Waals surface area contributed by atoms with Crippen molar-refractivity contribution in [3.63, 3.8) is 0 Å². The fourth-order valence-corrected chi connectivity index (χ4v) is 10.0. The molecule has 6 nitrogen and oxygen atoms in total. The lowest BCUT2D eigenvalue weighted by Crippen LogP contribution is -2.30. The van der Waals surface area contributed by atoms with Gasteiger partial charge in [-0.1, -0.05) is 324 Å². The van der Waals surface area contributed by atoms with Gasteiger partial charge in [0, 0.05) is 19.3 Å². The molecule has 0 N–H and O–H groups in total. The fourth-order valence-electron chi connectivity index (χ4n) is 10.0. The summed E-state index contributed by atoms with van der Waals surface area (Å²) in [5, 5.41) is 0. The Balaban J connectivity index is 4.27. The van der Waals surface area contributed by atoms with E-state index in [4.69, 9.17) is 14.2 Å². The largest absolute Gasteiger partial charge is 0.462 e. The molecule has 0 saturated carbocycles. The quantitative estimate of drug-likeness (QED) is 0.0343. The van der Waals surface area contributed by atoms with Gasteiger partial charge in [-0.15, -0.1) is 0 Å². The highest BCUT2D eigenvalue weighted by atomic mass is 16.6. The van der Waals surface area contributed by atoms with Gasteiger partial charge >= 0.3 is 17.9 Å². The van der Waals surface area contributed by atoms with Gasteiger partial charge in [-0.05, 0) is 37.0 Å². The van der Waals surface area contributed by atoms with Gasteiger partial charge in [-0.2, -0.15) is 0 Å². The molecule has 0 aliphatic rings. The predicted octanol–water partition coefficient (Wildman–Crippen LogP) is 21.5. The maximum absolute atomic E-state index is 12.9. The molecule has 422 valence electrons. The van der Waals surface area contributed by atoms with Gasteiger partial charge < -0.3 is 14.2 Å². The maximum Gasteiger partial charge on any atom is 0.306 e. The van der Waals surface area contributed by atoms with Crippen LogP contribution in [0.5, 0.6) is 0 Å². The Labute approximate surface area is 444 Å². The van der Waals surface area contributed by atoms with Crippen LogP contribution in [0, 0.1) is 17.8 Å². The summed E-state index contributed by atoms with van der Waals surface area (Å²) >= 11 is 0. The molecule has 0 heterocycles. The molecule has 0 aromatic carbocycles. The van der Waals surface area contributed by atoms with E-state index in [-0.39, 0.29) is 31.1 Å². The smallest absolute Gasteiger partial charge is 0.306 e. The average Bonchev–Trinajstić information content (AvgIpc) is 3.35. The van der Waals surface area contributed by atoms with Gasteiger partial charge in [0.05, 0.1) is 0 Å². The number of unbranched alkanes of at least 4 members (excludes halogenated alkanes) is 40. The molecule has 0 amide bonds. The number of rotatable bonds is 58. The highest BCUT2D eigenvalue weighted by molar-refractivity contribution is 5.71. The van der Waals surface area contributed by atoms with Crippen LogP contribution in [0.25, 0.3) is 0 Å². The molecule has 0 radical (unpaired) electrons. The van der Waals surface area contributed by atoms with Crippen LogP contribution in [0.3, 0.4) is 0 Å². The molecule has 0 bridgehead atoms. The minimum absolute atomic E-state index is 0.0627. The van der Waals surface area contributed by atoms with Crippen LogP contribution in [0.15, 0.2) is 0 Å². The van der Waals surface area contributed by atoms with Gasteiger partial charge in [0.2, 0.25) is 0 Å². The molecular formula is C65H126O6. The van der Waals surface area contributed by atoms with Crippen molar-refractivity contribution in [1.29, 1.82) is 0 Å². The topological polar surface area (TPSA) is 78.9 Å². The summed E-state index contributed by atoms with van der Waals surface area (Å²) in [5.41, 5.74) is 0. The van der Waals surface area contributed by atoms with Crippen molar-refractivity contribution in [3.05, 3.63) is 0 Å². The van der Waals surface area contributed by atoms with Gasteiger partial charge in [-0.3, -0.25) is 14.4 Å². The average molecular weight is 1000 g/mol. The zero-order valence-electron chi connectivity index (χ0n) is 49.0. The standard InChI is InChI=1S/C65H126O6/c1-7-61(6)53-47-41-35-29-25-26-31-37-43-49-55-64(67)70-58-62(57-69-63(66)54-48-42-36-30-23-19-16-12-14-18-22-28-34-40-46-52-60(4)5)71-65(68)56-50-44-38-32-24-20-15-11-9-8-10-13-17-21-27-33-39-45-51-59(2)3/h59-62H,7-58H2,1-6H3/t61?,62-/m1/s1. The van der Waals surface area contributed by atoms with Crippen LogP contribution in [0.4, 0.5) is 0 Å². The Kier molecular flexibility index (Phi) is 54.9. The van der Waals surface area contributed by atoms with Crippen molar-refractivity contribution < 1.29 is 28.6 Å². The van der Waals surface area contributed by atoms with Crippen LogP contribution in [0.1, 0.15) is 363 Å². The first-order valence-corrected chi connectivity index (χ1v) is 32.1. The highest BCUT2D eigenvalue weighted by Gasteiger charge is 2.19. The van der Waals surface area contributed by atoms with E-state index in [1.807, 2.05) is 0 Å². The van der Waals surface area contributed by atoms with E-state index in [1.54, 1.807) is 0 Å². The number of hydrogen-bond acceptors (Lipinski definition) is 6. The Morgan fingerprint density at radius 1 is 0.282 bits per heavy atom. The number of carbonyl (C=O) groups excluding carboxylic acids is 3. The normalized spacial score (nSPS) is 12.5. The summed E-state index contributed by atoms with van der Waals surface area (Å²) in [5.74, 6) is 1.74. The predicted molar refractivity (Wildman–Crippen MR) is 307 cm³/mol. The fraction of sp³-hybridized carbons (Fsp3) is 0.954. The molecule has 2 atom stereocenters. The molecule has 0 saturated heterocycles. The van der Waals surface area contributed by atoms with Crippen LogP contribution in [0.2, 0.25) is 0 Å². The summed E-state index contributed by atoms with van der Waals surface area (Å²) in [4.78, 5) is 38.3. The maximum atomic E-state index is 12.9. The van der Waals surface area contributed by atoms with E-state index < -0.39 is 6.10 Å². The first kappa shape index (κ1) is 69.4. The summed E-state index contributed by atoms with van der Waals surface area (Å²) in [7, 11) is 0. The Morgan fingerprint density at radius 2 is 0.493 bits per heavy atom. The SMILES string of the molecule is CCC(C)CCCCCCCCCCCCC(=O)OC[C@@H](COC(=O)CCCCCCCCCCCCCCCCCC(C)C)OC(=O)CCCCCCCCCCCCCCCCCCCCC(C)C. The summed E-state index contributed by atoms with van der Waals surface area (Å²) < 4.78 is 17.0. The molecule has 6 heteroatoms. The molecule has 0 fully saturated rings. The third-order valence-corrected chi connectivity index (χ3v) is 15.3. The van der Waals surface area contributed by atoms with E-state index >= 15 is 0 Å². The minimum atomic E-state index is -0.765. The van der Waals surface area contributed by atoms with Crippen molar-refractivity contribution in [1.82, 2.24) is 0 Å². The van der Waals surface area contributed by atoms with E-state index in [9.17, 15) is 14.4 Å². The Bertz CT molecular complexity index is 1100. The molecule has 71 heavy (non-hydrogen) atoms. The van der Waals surface area contributed by atoms with Gasteiger partial charge in [0.1, 0.15) is 13.2 Å². The van der Waals surface area contributed by atoms with Gasteiger partial charge in [0.15, 0.2) is 6.10 Å². The second-order valence-corrected chi connectivity index (χ2v) is 23.6. The Hall–Kier alpha value is -1.59. The molecule has 0 aromatic rings. The summed E-state index contributed by atoms with van der Waals surface area (Å²) in [6, 6.07) is 0. The summed E-state index contributed by atoms with van der Waals surface area (Å²) in [6.45, 7) is 13.8. The number of esters is 3. The first-order valence-electron chi connectivity index (χ1n) is 32.1. The molecule has 1 unspecified atom stereocenters. The van der Waals surface area contributed by atoms with E-state index in [0.717, 1.165) is 75.5 Å². The molecule has 0 rings (SSSR count). The molecule has 0 spiro atoms. The third-order valence-electron chi connectivity index (χ3n) is 15.3. The monoisotopic (exact) mass is 1000 g/mol. The van der Waals surface area contributed by atoms with Crippen LogP contribution < -0.4 is 0 Å². The van der Waals surface area contributed by atoms with Crippen molar-refractivity contribution in [2.24, 2.45) is 17.8 Å². The van der Waals surface area contributed by atoms with Crippen LogP contribution >= 0.6 is 0 Å². The van der Waals surface area contributed by atoms with Gasteiger partial charge in [0.25, 0.3) is 0 Å². The molecule has 0 aliphatic carbocycles. The highest BCUT2D eigenvalue weighted by Crippen LogP contribution is 2.19. The third kappa shape index (κ3) is 57.5. The number of carbonyl (C=O) groups is 3. The van der Waals surface area contributed by atoms with E-state index in [1.165, 1.54) is 244 Å².